The first-order valence-electron chi connectivity index (χ1n) is 5.04. The molecular formula is C11H13ClN2. The molecule has 1 fully saturated rings. The highest BCUT2D eigenvalue weighted by molar-refractivity contribution is 6.30. The van der Waals surface area contributed by atoms with Crippen LogP contribution >= 0.6 is 11.6 Å². The zero-order chi connectivity index (χ0) is 9.71. The molecule has 2 nitrogen and oxygen atoms in total. The zero-order valence-electron chi connectivity index (χ0n) is 7.91. The van der Waals surface area contributed by atoms with Crippen molar-refractivity contribution in [3.05, 3.63) is 28.8 Å². The average molecular weight is 209 g/mol. The topological polar surface area (TPSA) is 29.3 Å². The number of benzene rings is 1. The van der Waals surface area contributed by atoms with Gasteiger partial charge in [0.25, 0.3) is 0 Å². The van der Waals surface area contributed by atoms with E-state index in [9.17, 15) is 0 Å². The first kappa shape index (κ1) is 8.57. The van der Waals surface area contributed by atoms with Gasteiger partial charge in [0.15, 0.2) is 0 Å². The maximum atomic E-state index is 5.99. The SMILES string of the molecule is NC1CC2Cc3ccc(Cl)cc3N2C1. The fourth-order valence-electron chi connectivity index (χ4n) is 2.67. The van der Waals surface area contributed by atoms with Crippen molar-refractivity contribution in [2.24, 2.45) is 5.73 Å². The molecule has 1 aromatic carbocycles. The molecule has 0 amide bonds. The minimum atomic E-state index is 0.340. The van der Waals surface area contributed by atoms with Crippen LogP contribution in [0.15, 0.2) is 18.2 Å². The van der Waals surface area contributed by atoms with Gasteiger partial charge in [-0.1, -0.05) is 17.7 Å². The van der Waals surface area contributed by atoms with Crippen LogP contribution in [0.3, 0.4) is 0 Å². The van der Waals surface area contributed by atoms with E-state index in [1.807, 2.05) is 6.07 Å². The Labute approximate surface area is 88.6 Å². The summed E-state index contributed by atoms with van der Waals surface area (Å²) in [4.78, 5) is 2.41. The van der Waals surface area contributed by atoms with Gasteiger partial charge in [0.05, 0.1) is 0 Å². The molecule has 2 N–H and O–H groups in total. The largest absolute Gasteiger partial charge is 0.366 e. The summed E-state index contributed by atoms with van der Waals surface area (Å²) in [6.07, 6.45) is 2.26. The van der Waals surface area contributed by atoms with E-state index in [-0.39, 0.29) is 0 Å². The Morgan fingerprint density at radius 1 is 1.43 bits per heavy atom. The van der Waals surface area contributed by atoms with Crippen molar-refractivity contribution >= 4 is 17.3 Å². The van der Waals surface area contributed by atoms with Gasteiger partial charge >= 0.3 is 0 Å². The van der Waals surface area contributed by atoms with E-state index in [1.165, 1.54) is 11.3 Å². The molecule has 2 aliphatic heterocycles. The smallest absolute Gasteiger partial charge is 0.0426 e. The number of hydrogen-bond donors (Lipinski definition) is 1. The average Bonchev–Trinajstić information content (AvgIpc) is 2.62. The third kappa shape index (κ3) is 1.14. The molecule has 14 heavy (non-hydrogen) atoms. The maximum absolute atomic E-state index is 5.99. The van der Waals surface area contributed by atoms with Crippen LogP contribution in [0.5, 0.6) is 0 Å². The van der Waals surface area contributed by atoms with Gasteiger partial charge in [-0.3, -0.25) is 0 Å². The molecule has 74 valence electrons. The molecule has 2 aliphatic rings. The summed E-state index contributed by atoms with van der Waals surface area (Å²) in [5, 5.41) is 0.824. The highest BCUT2D eigenvalue weighted by Crippen LogP contribution is 2.38. The lowest BCUT2D eigenvalue weighted by molar-refractivity contribution is 0.662. The summed E-state index contributed by atoms with van der Waals surface area (Å²) in [6, 6.07) is 7.14. The van der Waals surface area contributed by atoms with Crippen molar-refractivity contribution in [2.75, 3.05) is 11.4 Å². The van der Waals surface area contributed by atoms with E-state index in [0.29, 0.717) is 12.1 Å². The van der Waals surface area contributed by atoms with Gasteiger partial charge in [-0.15, -0.1) is 0 Å². The second kappa shape index (κ2) is 2.88. The molecule has 2 heterocycles. The second-order valence-electron chi connectivity index (χ2n) is 4.28. The lowest BCUT2D eigenvalue weighted by Crippen LogP contribution is -2.27. The Balaban J connectivity index is 2.03. The van der Waals surface area contributed by atoms with Crippen LogP contribution in [0.1, 0.15) is 12.0 Å². The molecule has 0 bridgehead atoms. The minimum Gasteiger partial charge on any atom is -0.366 e. The van der Waals surface area contributed by atoms with Gasteiger partial charge in [-0.05, 0) is 30.5 Å². The molecule has 0 saturated carbocycles. The quantitative estimate of drug-likeness (QED) is 0.705. The van der Waals surface area contributed by atoms with Crippen molar-refractivity contribution in [3.8, 4) is 0 Å². The van der Waals surface area contributed by atoms with Crippen molar-refractivity contribution in [3.63, 3.8) is 0 Å². The summed E-state index contributed by atoms with van der Waals surface area (Å²) < 4.78 is 0. The molecule has 0 aromatic heterocycles. The summed E-state index contributed by atoms with van der Waals surface area (Å²) in [5.74, 6) is 0. The number of rotatable bonds is 0. The normalized spacial score (nSPS) is 29.1. The number of anilines is 1. The van der Waals surface area contributed by atoms with Crippen molar-refractivity contribution in [2.45, 2.75) is 24.9 Å². The van der Waals surface area contributed by atoms with Crippen LogP contribution in [0.25, 0.3) is 0 Å². The first-order valence-corrected chi connectivity index (χ1v) is 5.42. The Morgan fingerprint density at radius 3 is 3.14 bits per heavy atom. The fourth-order valence-corrected chi connectivity index (χ4v) is 2.84. The van der Waals surface area contributed by atoms with Crippen LogP contribution in [0.4, 0.5) is 5.69 Å². The molecular weight excluding hydrogens is 196 g/mol. The van der Waals surface area contributed by atoms with Crippen LogP contribution in [0, 0.1) is 0 Å². The number of halogens is 1. The van der Waals surface area contributed by atoms with Crippen LogP contribution in [-0.4, -0.2) is 18.6 Å². The Kier molecular flexibility index (Phi) is 1.76. The van der Waals surface area contributed by atoms with Crippen LogP contribution < -0.4 is 10.6 Å². The molecule has 0 radical (unpaired) electrons. The Hall–Kier alpha value is -0.730. The van der Waals surface area contributed by atoms with Crippen molar-refractivity contribution < 1.29 is 0 Å². The monoisotopic (exact) mass is 208 g/mol. The number of fused-ring (bicyclic) bond motifs is 3. The molecule has 3 heteroatoms. The predicted octanol–water partition coefficient (Wildman–Crippen LogP) is 1.80. The van der Waals surface area contributed by atoms with Gasteiger partial charge in [0.1, 0.15) is 0 Å². The number of nitrogens with two attached hydrogens (primary N) is 1. The number of nitrogens with zero attached hydrogens (tertiary/aromatic N) is 1. The van der Waals surface area contributed by atoms with Gasteiger partial charge in [0.2, 0.25) is 0 Å². The van der Waals surface area contributed by atoms with Gasteiger partial charge in [-0.25, -0.2) is 0 Å². The first-order chi connectivity index (χ1) is 6.74. The van der Waals surface area contributed by atoms with Gasteiger partial charge in [0, 0.05) is 29.3 Å². The predicted molar refractivity (Wildman–Crippen MR) is 58.9 cm³/mol. The third-order valence-electron chi connectivity index (χ3n) is 3.26. The molecule has 1 saturated heterocycles. The molecule has 0 spiro atoms. The summed E-state index contributed by atoms with van der Waals surface area (Å²) >= 11 is 5.99. The zero-order valence-corrected chi connectivity index (χ0v) is 8.67. The van der Waals surface area contributed by atoms with Crippen molar-refractivity contribution in [1.82, 2.24) is 0 Å². The van der Waals surface area contributed by atoms with E-state index in [1.54, 1.807) is 0 Å². The molecule has 2 unspecified atom stereocenters. The van der Waals surface area contributed by atoms with E-state index in [0.717, 1.165) is 24.4 Å². The van der Waals surface area contributed by atoms with Crippen LogP contribution in [-0.2, 0) is 6.42 Å². The van der Waals surface area contributed by atoms with E-state index >= 15 is 0 Å². The number of hydrogen-bond acceptors (Lipinski definition) is 2. The highest BCUT2D eigenvalue weighted by atomic mass is 35.5. The second-order valence-corrected chi connectivity index (χ2v) is 4.72. The summed E-state index contributed by atoms with van der Waals surface area (Å²) in [7, 11) is 0. The summed E-state index contributed by atoms with van der Waals surface area (Å²) in [5.41, 5.74) is 8.67. The summed E-state index contributed by atoms with van der Waals surface area (Å²) in [6.45, 7) is 0.984. The van der Waals surface area contributed by atoms with E-state index < -0.39 is 0 Å². The molecule has 3 rings (SSSR count). The van der Waals surface area contributed by atoms with E-state index in [2.05, 4.69) is 17.0 Å². The third-order valence-corrected chi connectivity index (χ3v) is 3.49. The Bertz CT molecular complexity index is 378. The lowest BCUT2D eigenvalue weighted by atomic mass is 10.1. The van der Waals surface area contributed by atoms with Crippen molar-refractivity contribution in [1.29, 1.82) is 0 Å². The minimum absolute atomic E-state index is 0.340. The standard InChI is InChI=1S/C11H13ClN2/c12-8-2-1-7-3-10-5-9(13)6-14(10)11(7)4-8/h1-2,4,9-10H,3,5-6,13H2. The van der Waals surface area contributed by atoms with Crippen LogP contribution in [0.2, 0.25) is 5.02 Å². The highest BCUT2D eigenvalue weighted by Gasteiger charge is 2.36. The lowest BCUT2D eigenvalue weighted by Gasteiger charge is -2.18. The Morgan fingerprint density at radius 2 is 2.29 bits per heavy atom. The maximum Gasteiger partial charge on any atom is 0.0426 e. The molecule has 2 atom stereocenters. The molecule has 0 aliphatic carbocycles. The van der Waals surface area contributed by atoms with E-state index in [4.69, 9.17) is 17.3 Å². The van der Waals surface area contributed by atoms with Gasteiger partial charge < -0.3 is 10.6 Å². The van der Waals surface area contributed by atoms with Gasteiger partial charge in [-0.2, -0.15) is 0 Å². The molecule has 1 aromatic rings. The fraction of sp³-hybridized carbons (Fsp3) is 0.455.